The number of hydrogen-bond acceptors (Lipinski definition) is 4. The average molecular weight is 260 g/mol. The van der Waals surface area contributed by atoms with Crippen LogP contribution >= 0.6 is 24.2 Å². The fourth-order valence-electron chi connectivity index (χ4n) is 0.997. The summed E-state index contributed by atoms with van der Waals surface area (Å²) in [6.45, 7) is 0.307. The van der Waals surface area contributed by atoms with E-state index in [1.807, 2.05) is 6.08 Å². The Hall–Kier alpha value is -1.20. The number of non-ortho nitro benzene ring substituents is 1. The number of rotatable bonds is 5. The van der Waals surface area contributed by atoms with Crippen molar-refractivity contribution in [2.75, 3.05) is 12.4 Å². The molecule has 0 heterocycles. The molecule has 0 aliphatic rings. The van der Waals surface area contributed by atoms with Crippen molar-refractivity contribution in [1.29, 1.82) is 0 Å². The highest BCUT2D eigenvalue weighted by Gasteiger charge is 2.09. The number of nitro groups is 1. The molecule has 0 aromatic heterocycles. The maximum Gasteiger partial charge on any atom is 0.273 e. The Labute approximate surface area is 103 Å². The predicted octanol–water partition coefficient (Wildman–Crippen LogP) is 3.11. The molecule has 1 rings (SSSR count). The summed E-state index contributed by atoms with van der Waals surface area (Å²) in [4.78, 5) is 10.0. The first-order valence-corrected chi connectivity index (χ1v) is 5.49. The third-order valence-electron chi connectivity index (χ3n) is 1.73. The van der Waals surface area contributed by atoms with Crippen LogP contribution in [0.25, 0.3) is 0 Å². The Bertz CT molecular complexity index is 409. The molecule has 0 atom stereocenters. The summed E-state index contributed by atoms with van der Waals surface area (Å²) in [6, 6.07) is 4.08. The zero-order valence-corrected chi connectivity index (χ0v) is 9.95. The Morgan fingerprint density at radius 2 is 2.25 bits per heavy atom. The van der Waals surface area contributed by atoms with Crippen molar-refractivity contribution in [2.24, 2.45) is 0 Å². The highest BCUT2D eigenvalue weighted by atomic mass is 35.5. The molecule has 1 aromatic carbocycles. The molecule has 4 nitrogen and oxygen atoms in total. The van der Waals surface area contributed by atoms with E-state index in [0.717, 1.165) is 0 Å². The lowest BCUT2D eigenvalue weighted by atomic mass is 10.3. The third-order valence-corrected chi connectivity index (χ3v) is 2.26. The molecule has 0 spiro atoms. The predicted molar refractivity (Wildman–Crippen MR) is 66.6 cm³/mol. The molecule has 6 heteroatoms. The molecule has 0 amide bonds. The SMILES string of the molecule is O=[N+]([O-])c1ccc(Cl)c(OCC=CCS)c1. The minimum Gasteiger partial charge on any atom is -0.488 e. The Balaban J connectivity index is 2.74. The summed E-state index contributed by atoms with van der Waals surface area (Å²) in [6.07, 6.45) is 3.58. The summed E-state index contributed by atoms with van der Waals surface area (Å²) in [5, 5.41) is 10.9. The van der Waals surface area contributed by atoms with Crippen molar-refractivity contribution in [2.45, 2.75) is 0 Å². The molecule has 1 aromatic rings. The van der Waals surface area contributed by atoms with Gasteiger partial charge in [0.15, 0.2) is 0 Å². The van der Waals surface area contributed by atoms with Gasteiger partial charge in [-0.05, 0) is 6.07 Å². The lowest BCUT2D eigenvalue weighted by Gasteiger charge is -2.04. The first kappa shape index (κ1) is 12.9. The molecule has 0 radical (unpaired) electrons. The van der Waals surface area contributed by atoms with Crippen LogP contribution in [-0.2, 0) is 0 Å². The molecular weight excluding hydrogens is 250 g/mol. The van der Waals surface area contributed by atoms with Crippen molar-refractivity contribution in [1.82, 2.24) is 0 Å². The van der Waals surface area contributed by atoms with Gasteiger partial charge in [-0.1, -0.05) is 23.8 Å². The van der Waals surface area contributed by atoms with E-state index < -0.39 is 4.92 Å². The molecule has 86 valence electrons. The van der Waals surface area contributed by atoms with Crippen molar-refractivity contribution in [3.63, 3.8) is 0 Å². The highest BCUT2D eigenvalue weighted by Crippen LogP contribution is 2.28. The number of nitrogens with zero attached hydrogens (tertiary/aromatic N) is 1. The van der Waals surface area contributed by atoms with E-state index in [1.54, 1.807) is 6.08 Å². The van der Waals surface area contributed by atoms with Crippen LogP contribution in [0.5, 0.6) is 5.75 Å². The molecule has 0 aliphatic carbocycles. The average Bonchev–Trinajstić information content (AvgIpc) is 2.26. The smallest absolute Gasteiger partial charge is 0.273 e. The molecule has 0 fully saturated rings. The van der Waals surface area contributed by atoms with Crippen LogP contribution in [0, 0.1) is 10.1 Å². The van der Waals surface area contributed by atoms with Gasteiger partial charge < -0.3 is 4.74 Å². The molecule has 0 unspecified atom stereocenters. The number of benzene rings is 1. The van der Waals surface area contributed by atoms with E-state index in [9.17, 15) is 10.1 Å². The van der Waals surface area contributed by atoms with Gasteiger partial charge in [0.25, 0.3) is 5.69 Å². The Kier molecular flexibility index (Phi) is 5.14. The van der Waals surface area contributed by atoms with Crippen molar-refractivity contribution >= 4 is 29.9 Å². The fourth-order valence-corrected chi connectivity index (χ4v) is 1.32. The minimum atomic E-state index is -0.493. The third kappa shape index (κ3) is 3.75. The van der Waals surface area contributed by atoms with Crippen LogP contribution in [0.2, 0.25) is 5.02 Å². The van der Waals surface area contributed by atoms with Gasteiger partial charge in [0.05, 0.1) is 16.0 Å². The second-order valence-electron chi connectivity index (χ2n) is 2.84. The normalized spacial score (nSPS) is 10.6. The summed E-state index contributed by atoms with van der Waals surface area (Å²) < 4.78 is 5.27. The van der Waals surface area contributed by atoms with E-state index in [4.69, 9.17) is 16.3 Å². The van der Waals surface area contributed by atoms with Gasteiger partial charge in [0.2, 0.25) is 0 Å². The minimum absolute atomic E-state index is 0.0439. The van der Waals surface area contributed by atoms with Crippen LogP contribution in [0.4, 0.5) is 5.69 Å². The molecule has 0 aliphatic heterocycles. The molecular formula is C10H10ClNO3S. The van der Waals surface area contributed by atoms with Gasteiger partial charge in [-0.25, -0.2) is 0 Å². The van der Waals surface area contributed by atoms with Crippen LogP contribution < -0.4 is 4.74 Å². The maximum atomic E-state index is 10.5. The lowest BCUT2D eigenvalue weighted by Crippen LogP contribution is -1.96. The van der Waals surface area contributed by atoms with Gasteiger partial charge in [-0.3, -0.25) is 10.1 Å². The van der Waals surface area contributed by atoms with Gasteiger partial charge >= 0.3 is 0 Å². The second-order valence-corrected chi connectivity index (χ2v) is 3.61. The van der Waals surface area contributed by atoms with Crippen molar-refractivity contribution in [3.05, 3.63) is 45.5 Å². The van der Waals surface area contributed by atoms with Crippen LogP contribution in [0.3, 0.4) is 0 Å². The number of hydrogen-bond donors (Lipinski definition) is 1. The summed E-state index contributed by atoms with van der Waals surface area (Å²) in [7, 11) is 0. The highest BCUT2D eigenvalue weighted by molar-refractivity contribution is 7.80. The van der Waals surface area contributed by atoms with Crippen LogP contribution in [0.15, 0.2) is 30.4 Å². The zero-order valence-electron chi connectivity index (χ0n) is 8.30. The van der Waals surface area contributed by atoms with Crippen molar-refractivity contribution in [3.8, 4) is 5.75 Å². The lowest BCUT2D eigenvalue weighted by molar-refractivity contribution is -0.384. The first-order valence-electron chi connectivity index (χ1n) is 4.47. The van der Waals surface area contributed by atoms with E-state index in [-0.39, 0.29) is 5.69 Å². The topological polar surface area (TPSA) is 52.4 Å². The second kappa shape index (κ2) is 6.40. The monoisotopic (exact) mass is 259 g/mol. The first-order chi connectivity index (χ1) is 7.65. The quantitative estimate of drug-likeness (QED) is 0.383. The molecule has 0 N–H and O–H groups in total. The standard InChI is InChI=1S/C10H10ClNO3S/c11-9-4-3-8(12(13)14)7-10(9)15-5-1-2-6-16/h1-4,7,16H,5-6H2. The zero-order chi connectivity index (χ0) is 12.0. The summed E-state index contributed by atoms with van der Waals surface area (Å²) in [5.74, 6) is 0.922. The Morgan fingerprint density at radius 1 is 1.50 bits per heavy atom. The van der Waals surface area contributed by atoms with Gasteiger partial charge in [-0.15, -0.1) is 0 Å². The largest absolute Gasteiger partial charge is 0.488 e. The van der Waals surface area contributed by atoms with Gasteiger partial charge in [0.1, 0.15) is 12.4 Å². The van der Waals surface area contributed by atoms with Gasteiger partial charge in [-0.2, -0.15) is 12.6 Å². The van der Waals surface area contributed by atoms with Crippen LogP contribution in [-0.4, -0.2) is 17.3 Å². The molecule has 0 bridgehead atoms. The Morgan fingerprint density at radius 3 is 2.88 bits per heavy atom. The molecule has 0 saturated heterocycles. The number of ether oxygens (including phenoxy) is 1. The number of halogens is 1. The molecule has 16 heavy (non-hydrogen) atoms. The number of nitro benzene ring substituents is 1. The van der Waals surface area contributed by atoms with Crippen LogP contribution in [0.1, 0.15) is 0 Å². The fraction of sp³-hybridized carbons (Fsp3) is 0.200. The summed E-state index contributed by atoms with van der Waals surface area (Å²) >= 11 is 9.81. The number of thiol groups is 1. The van der Waals surface area contributed by atoms with E-state index >= 15 is 0 Å². The van der Waals surface area contributed by atoms with E-state index in [0.29, 0.717) is 23.1 Å². The van der Waals surface area contributed by atoms with E-state index in [1.165, 1.54) is 18.2 Å². The van der Waals surface area contributed by atoms with Crippen molar-refractivity contribution < 1.29 is 9.66 Å². The van der Waals surface area contributed by atoms with Gasteiger partial charge in [0, 0.05) is 11.8 Å². The van der Waals surface area contributed by atoms with E-state index in [2.05, 4.69) is 12.6 Å². The molecule has 0 saturated carbocycles. The summed E-state index contributed by atoms with van der Waals surface area (Å²) in [5.41, 5.74) is -0.0439. The maximum absolute atomic E-state index is 10.5.